The first-order valence-electron chi connectivity index (χ1n) is 7.35. The lowest BCUT2D eigenvalue weighted by Crippen LogP contribution is -2.27. The molecule has 5 heteroatoms. The maximum absolute atomic E-state index is 12.6. The second-order valence-corrected chi connectivity index (χ2v) is 8.31. The van der Waals surface area contributed by atoms with E-state index in [1.807, 2.05) is 43.3 Å². The van der Waals surface area contributed by atoms with E-state index in [0.29, 0.717) is 4.90 Å². The smallest absolute Gasteiger partial charge is 0.207 e. The minimum atomic E-state index is -3.50. The Morgan fingerprint density at radius 2 is 1.73 bits per heavy atom. The highest BCUT2D eigenvalue weighted by molar-refractivity contribution is 9.10. The molecular formula is C17H18BrNO2S. The Morgan fingerprint density at radius 1 is 1.05 bits per heavy atom. The van der Waals surface area contributed by atoms with Crippen molar-refractivity contribution < 1.29 is 8.42 Å². The van der Waals surface area contributed by atoms with Crippen molar-refractivity contribution in [2.75, 3.05) is 0 Å². The summed E-state index contributed by atoms with van der Waals surface area (Å²) in [7, 11) is -3.50. The van der Waals surface area contributed by atoms with Gasteiger partial charge in [0.05, 0.1) is 4.90 Å². The van der Waals surface area contributed by atoms with E-state index in [1.54, 1.807) is 6.07 Å². The van der Waals surface area contributed by atoms with Crippen LogP contribution in [0.25, 0.3) is 0 Å². The van der Waals surface area contributed by atoms with Crippen LogP contribution in [0.15, 0.2) is 51.8 Å². The van der Waals surface area contributed by atoms with Gasteiger partial charge < -0.3 is 0 Å². The molecule has 116 valence electrons. The molecule has 0 amide bonds. The molecule has 3 nitrogen and oxygen atoms in total. The van der Waals surface area contributed by atoms with Crippen LogP contribution in [0.2, 0.25) is 0 Å². The van der Waals surface area contributed by atoms with Crippen molar-refractivity contribution in [1.82, 2.24) is 4.72 Å². The summed E-state index contributed by atoms with van der Waals surface area (Å²) in [4.78, 5) is 0.358. The lowest BCUT2D eigenvalue weighted by Gasteiger charge is -2.15. The largest absolute Gasteiger partial charge is 0.241 e. The highest BCUT2D eigenvalue weighted by Gasteiger charge is 2.21. The van der Waals surface area contributed by atoms with Crippen LogP contribution in [-0.2, 0) is 22.9 Å². The topological polar surface area (TPSA) is 46.2 Å². The summed E-state index contributed by atoms with van der Waals surface area (Å²) in [5, 5.41) is 0. The van der Waals surface area contributed by atoms with Gasteiger partial charge >= 0.3 is 0 Å². The molecule has 2 aromatic rings. The molecule has 1 aliphatic rings. The summed E-state index contributed by atoms with van der Waals surface area (Å²) in [6.45, 7) is 1.86. The standard InChI is InChI=1S/C17H18BrNO2S/c1-12(13-5-8-16(18)9-6-13)19-22(20,21)17-10-7-14-3-2-4-15(14)11-17/h5-12,19H,2-4H2,1H3/t12-/m0/s1. The maximum Gasteiger partial charge on any atom is 0.241 e. The number of sulfonamides is 1. The monoisotopic (exact) mass is 379 g/mol. The highest BCUT2D eigenvalue weighted by Crippen LogP contribution is 2.26. The molecule has 1 aliphatic carbocycles. The summed E-state index contributed by atoms with van der Waals surface area (Å²) in [5.74, 6) is 0. The Bertz CT molecular complexity index is 785. The predicted molar refractivity (Wildman–Crippen MR) is 91.3 cm³/mol. The molecule has 2 aromatic carbocycles. The molecule has 0 saturated carbocycles. The molecule has 0 saturated heterocycles. The first-order valence-corrected chi connectivity index (χ1v) is 9.63. The Morgan fingerprint density at radius 3 is 2.45 bits per heavy atom. The third-order valence-electron chi connectivity index (χ3n) is 4.08. The number of aryl methyl sites for hydroxylation is 2. The summed E-state index contributed by atoms with van der Waals surface area (Å²) in [5.41, 5.74) is 3.38. The van der Waals surface area contributed by atoms with Crippen molar-refractivity contribution in [3.05, 3.63) is 63.6 Å². The van der Waals surface area contributed by atoms with Crippen LogP contribution in [-0.4, -0.2) is 8.42 Å². The van der Waals surface area contributed by atoms with Gasteiger partial charge in [-0.15, -0.1) is 0 Å². The predicted octanol–water partition coefficient (Wildman–Crippen LogP) is 3.98. The average molecular weight is 380 g/mol. The Hall–Kier alpha value is -1.17. The molecule has 1 N–H and O–H groups in total. The number of hydrogen-bond donors (Lipinski definition) is 1. The zero-order valence-electron chi connectivity index (χ0n) is 12.3. The fourth-order valence-electron chi connectivity index (χ4n) is 2.84. The van der Waals surface area contributed by atoms with E-state index < -0.39 is 10.0 Å². The van der Waals surface area contributed by atoms with E-state index in [-0.39, 0.29) is 6.04 Å². The van der Waals surface area contributed by atoms with E-state index >= 15 is 0 Å². The summed E-state index contributed by atoms with van der Waals surface area (Å²) >= 11 is 3.38. The Kier molecular flexibility index (Phi) is 4.39. The van der Waals surface area contributed by atoms with Crippen LogP contribution in [0.1, 0.15) is 36.1 Å². The van der Waals surface area contributed by atoms with E-state index in [2.05, 4.69) is 20.7 Å². The lowest BCUT2D eigenvalue weighted by atomic mass is 10.1. The Labute approximate surface area is 139 Å². The number of hydrogen-bond acceptors (Lipinski definition) is 2. The maximum atomic E-state index is 12.6. The molecule has 0 aromatic heterocycles. The quantitative estimate of drug-likeness (QED) is 0.872. The van der Waals surface area contributed by atoms with Crippen molar-refractivity contribution in [1.29, 1.82) is 0 Å². The first kappa shape index (κ1) is 15.7. The number of benzene rings is 2. The summed E-state index contributed by atoms with van der Waals surface area (Å²) in [6, 6.07) is 12.9. The van der Waals surface area contributed by atoms with Gasteiger partial charge in [-0.25, -0.2) is 13.1 Å². The molecule has 1 atom stereocenters. The lowest BCUT2D eigenvalue weighted by molar-refractivity contribution is 0.567. The van der Waals surface area contributed by atoms with Crippen molar-refractivity contribution in [3.8, 4) is 0 Å². The third-order valence-corrected chi connectivity index (χ3v) is 6.15. The van der Waals surface area contributed by atoms with Gasteiger partial charge in [-0.3, -0.25) is 0 Å². The van der Waals surface area contributed by atoms with Gasteiger partial charge in [0, 0.05) is 10.5 Å². The van der Waals surface area contributed by atoms with Gasteiger partial charge in [-0.1, -0.05) is 34.1 Å². The van der Waals surface area contributed by atoms with Crippen LogP contribution in [0, 0.1) is 0 Å². The zero-order valence-corrected chi connectivity index (χ0v) is 14.7. The molecule has 22 heavy (non-hydrogen) atoms. The van der Waals surface area contributed by atoms with Crippen molar-refractivity contribution in [2.24, 2.45) is 0 Å². The normalized spacial score (nSPS) is 15.5. The van der Waals surface area contributed by atoms with Crippen LogP contribution >= 0.6 is 15.9 Å². The number of rotatable bonds is 4. The second kappa shape index (κ2) is 6.14. The average Bonchev–Trinajstić information content (AvgIpc) is 2.94. The van der Waals surface area contributed by atoms with Gasteiger partial charge in [-0.05, 0) is 67.1 Å². The molecule has 0 aliphatic heterocycles. The van der Waals surface area contributed by atoms with E-state index in [0.717, 1.165) is 29.3 Å². The first-order chi connectivity index (χ1) is 10.5. The van der Waals surface area contributed by atoms with Gasteiger partial charge in [0.15, 0.2) is 0 Å². The number of halogens is 1. The van der Waals surface area contributed by atoms with Crippen LogP contribution in [0.5, 0.6) is 0 Å². The Balaban J connectivity index is 1.82. The van der Waals surface area contributed by atoms with Crippen molar-refractivity contribution >= 4 is 26.0 Å². The minimum absolute atomic E-state index is 0.272. The molecule has 0 heterocycles. The number of nitrogens with one attached hydrogen (secondary N) is 1. The van der Waals surface area contributed by atoms with Crippen LogP contribution in [0.3, 0.4) is 0 Å². The second-order valence-electron chi connectivity index (χ2n) is 5.68. The van der Waals surface area contributed by atoms with Gasteiger partial charge in [0.2, 0.25) is 10.0 Å². The van der Waals surface area contributed by atoms with Crippen LogP contribution in [0.4, 0.5) is 0 Å². The minimum Gasteiger partial charge on any atom is -0.207 e. The van der Waals surface area contributed by atoms with Crippen molar-refractivity contribution in [3.63, 3.8) is 0 Å². The third kappa shape index (κ3) is 3.26. The summed E-state index contributed by atoms with van der Waals surface area (Å²) < 4.78 is 28.9. The molecule has 0 bridgehead atoms. The summed E-state index contributed by atoms with van der Waals surface area (Å²) in [6.07, 6.45) is 3.14. The van der Waals surface area contributed by atoms with E-state index in [1.165, 1.54) is 11.1 Å². The highest BCUT2D eigenvalue weighted by atomic mass is 79.9. The van der Waals surface area contributed by atoms with E-state index in [9.17, 15) is 8.42 Å². The van der Waals surface area contributed by atoms with E-state index in [4.69, 9.17) is 0 Å². The SMILES string of the molecule is C[C@H](NS(=O)(=O)c1ccc2c(c1)CCC2)c1ccc(Br)cc1. The van der Waals surface area contributed by atoms with Gasteiger partial charge in [-0.2, -0.15) is 0 Å². The van der Waals surface area contributed by atoms with Crippen molar-refractivity contribution in [2.45, 2.75) is 37.1 Å². The fraction of sp³-hybridized carbons (Fsp3) is 0.294. The fourth-order valence-corrected chi connectivity index (χ4v) is 4.38. The van der Waals surface area contributed by atoms with Crippen LogP contribution < -0.4 is 4.72 Å². The van der Waals surface area contributed by atoms with Gasteiger partial charge in [0.25, 0.3) is 0 Å². The molecule has 0 unspecified atom stereocenters. The molecular weight excluding hydrogens is 362 g/mol. The number of fused-ring (bicyclic) bond motifs is 1. The molecule has 0 spiro atoms. The molecule has 0 radical (unpaired) electrons. The zero-order chi connectivity index (χ0) is 15.7. The molecule has 0 fully saturated rings. The van der Waals surface area contributed by atoms with Gasteiger partial charge in [0.1, 0.15) is 0 Å². The molecule has 3 rings (SSSR count).